The molecule has 0 aromatic heterocycles. The van der Waals surface area contributed by atoms with Gasteiger partial charge in [-0.25, -0.2) is 0 Å². The Morgan fingerprint density at radius 3 is 2.29 bits per heavy atom. The molecule has 14 nitrogen and oxygen atoms in total. The SMILES string of the molecule is CCC(C)[C@H]1O[C@]2(C=C[C@@H]1C)C[C@@H]1C[C@@H](C/C=C(\C)[C@@H](O[C@H]3C[C@H](OC)[C@@H](O[C@H]4C[C@H](OC)[C@@H](O)[C@H](C)O4)[C@H](C)O3)[C@@H](C)/C=C/C=C3\CO[C@@H]4[C@H](OC)C(C)=C[C@@H](C(=O)O1)[C@]34O)O2. The second-order valence-electron chi connectivity index (χ2n) is 19.2. The highest BCUT2D eigenvalue weighted by Gasteiger charge is 2.60. The van der Waals surface area contributed by atoms with E-state index in [2.05, 4.69) is 46.8 Å². The number of ether oxygens (including phenoxy) is 11. The normalized spacial score (nSPS) is 48.6. The Hall–Kier alpha value is -2.31. The van der Waals surface area contributed by atoms with E-state index in [1.807, 2.05) is 38.2 Å². The number of methoxy groups -OCH3 is 3. The number of carbonyl (C=O) groups excluding carboxylic acids is 1. The minimum Gasteiger partial charge on any atom is -0.462 e. The summed E-state index contributed by atoms with van der Waals surface area (Å²) in [5.74, 6) is -2.35. The number of carbonyl (C=O) groups is 1. The summed E-state index contributed by atoms with van der Waals surface area (Å²) < 4.78 is 70.0. The van der Waals surface area contributed by atoms with Crippen LogP contribution >= 0.6 is 0 Å². The lowest BCUT2D eigenvalue weighted by atomic mass is 9.70. The van der Waals surface area contributed by atoms with Crippen LogP contribution in [0.4, 0.5) is 0 Å². The summed E-state index contributed by atoms with van der Waals surface area (Å²) in [5.41, 5.74) is 0.626. The Morgan fingerprint density at radius 2 is 1.57 bits per heavy atom. The summed E-state index contributed by atoms with van der Waals surface area (Å²) in [4.78, 5) is 14.5. The predicted octanol–water partition coefficient (Wildman–Crippen LogP) is 6.03. The minimum atomic E-state index is -1.71. The summed E-state index contributed by atoms with van der Waals surface area (Å²) in [6.45, 7) is 16.4. The molecule has 0 saturated carbocycles. The summed E-state index contributed by atoms with van der Waals surface area (Å²) in [6.07, 6.45) is 9.95. The van der Waals surface area contributed by atoms with Gasteiger partial charge >= 0.3 is 5.97 Å². The Kier molecular flexibility index (Phi) is 15.7. The number of fused-ring (bicyclic) bond motifs is 2. The lowest BCUT2D eigenvalue weighted by Gasteiger charge is -2.48. The zero-order chi connectivity index (χ0) is 45.4. The van der Waals surface area contributed by atoms with E-state index >= 15 is 0 Å². The Morgan fingerprint density at radius 1 is 0.857 bits per heavy atom. The minimum absolute atomic E-state index is 0.0805. The van der Waals surface area contributed by atoms with Gasteiger partial charge in [-0.05, 0) is 62.8 Å². The fourth-order valence-electron chi connectivity index (χ4n) is 10.9. The van der Waals surface area contributed by atoms with E-state index in [1.54, 1.807) is 34.3 Å². The Labute approximate surface area is 374 Å². The van der Waals surface area contributed by atoms with Gasteiger partial charge in [-0.15, -0.1) is 0 Å². The van der Waals surface area contributed by atoms with Crippen molar-refractivity contribution in [3.05, 3.63) is 59.3 Å². The first kappa shape index (κ1) is 48.6. The second-order valence-corrected chi connectivity index (χ2v) is 19.2. The number of esters is 1. The molecule has 7 aliphatic rings. The zero-order valence-electron chi connectivity index (χ0n) is 39.2. The van der Waals surface area contributed by atoms with Crippen molar-refractivity contribution in [2.75, 3.05) is 27.9 Å². The molecule has 2 N–H and O–H groups in total. The van der Waals surface area contributed by atoms with Crippen LogP contribution in [-0.2, 0) is 56.9 Å². The van der Waals surface area contributed by atoms with Gasteiger partial charge in [0.1, 0.15) is 42.0 Å². The molecule has 0 aromatic carbocycles. The van der Waals surface area contributed by atoms with Crippen LogP contribution in [0.3, 0.4) is 0 Å². The van der Waals surface area contributed by atoms with Crippen LogP contribution in [0.2, 0.25) is 0 Å². The van der Waals surface area contributed by atoms with Crippen molar-refractivity contribution in [3.63, 3.8) is 0 Å². The predicted molar refractivity (Wildman–Crippen MR) is 232 cm³/mol. The first-order chi connectivity index (χ1) is 30.0. The number of aliphatic hydroxyl groups is 2. The molecule has 7 rings (SSSR count). The van der Waals surface area contributed by atoms with Crippen molar-refractivity contribution < 1.29 is 67.1 Å². The maximum absolute atomic E-state index is 14.5. The fraction of sp³-hybridized carbons (Fsp3) is 0.776. The molecule has 4 saturated heterocycles. The first-order valence-electron chi connectivity index (χ1n) is 23.2. The molecule has 6 heterocycles. The molecule has 20 atom stereocenters. The van der Waals surface area contributed by atoms with Crippen molar-refractivity contribution in [2.45, 2.75) is 191 Å². The van der Waals surface area contributed by atoms with Crippen molar-refractivity contribution >= 4 is 5.97 Å². The fourth-order valence-corrected chi connectivity index (χ4v) is 10.9. The molecule has 1 spiro atoms. The largest absolute Gasteiger partial charge is 0.462 e. The molecule has 1 unspecified atom stereocenters. The number of rotatable bonds is 9. The third kappa shape index (κ3) is 10.0. The Balaban J connectivity index is 1.19. The molecule has 0 radical (unpaired) electrons. The van der Waals surface area contributed by atoms with Gasteiger partial charge in [0.15, 0.2) is 18.4 Å². The molecule has 14 heteroatoms. The summed E-state index contributed by atoms with van der Waals surface area (Å²) in [7, 11) is 4.82. The van der Waals surface area contributed by atoms with Gasteiger partial charge in [0.25, 0.3) is 0 Å². The molecular weight excluding hydrogens is 813 g/mol. The zero-order valence-corrected chi connectivity index (χ0v) is 39.2. The van der Waals surface area contributed by atoms with Gasteiger partial charge in [-0.3, -0.25) is 4.79 Å². The third-order valence-electron chi connectivity index (χ3n) is 14.7. The highest BCUT2D eigenvalue weighted by molar-refractivity contribution is 5.78. The van der Waals surface area contributed by atoms with Gasteiger partial charge in [0, 0.05) is 58.8 Å². The van der Waals surface area contributed by atoms with Crippen LogP contribution in [0.5, 0.6) is 0 Å². The van der Waals surface area contributed by atoms with Gasteiger partial charge in [-0.1, -0.05) is 70.6 Å². The maximum atomic E-state index is 14.5. The van der Waals surface area contributed by atoms with E-state index in [0.29, 0.717) is 37.7 Å². The van der Waals surface area contributed by atoms with Crippen molar-refractivity contribution in [1.29, 1.82) is 0 Å². The van der Waals surface area contributed by atoms with E-state index in [9.17, 15) is 15.0 Å². The summed E-state index contributed by atoms with van der Waals surface area (Å²) in [6, 6.07) is 0. The molecule has 2 bridgehead atoms. The smallest absolute Gasteiger partial charge is 0.316 e. The van der Waals surface area contributed by atoms with Gasteiger partial charge in [0.05, 0.1) is 49.3 Å². The molecule has 0 aromatic rings. The summed E-state index contributed by atoms with van der Waals surface area (Å²) >= 11 is 0. The highest BCUT2D eigenvalue weighted by Crippen LogP contribution is 2.48. The number of hydrogen-bond donors (Lipinski definition) is 2. The summed E-state index contributed by atoms with van der Waals surface area (Å²) in [5, 5.41) is 23.2. The number of allylic oxidation sites excluding steroid dienone is 2. The van der Waals surface area contributed by atoms with Crippen LogP contribution in [0.25, 0.3) is 0 Å². The molecule has 1 aliphatic carbocycles. The van der Waals surface area contributed by atoms with Crippen molar-refractivity contribution in [3.8, 4) is 0 Å². The van der Waals surface area contributed by atoms with Crippen LogP contribution in [-0.4, -0.2) is 141 Å². The van der Waals surface area contributed by atoms with Crippen LogP contribution in [0.15, 0.2) is 59.3 Å². The molecule has 6 aliphatic heterocycles. The molecule has 0 amide bonds. The van der Waals surface area contributed by atoms with Crippen LogP contribution in [0.1, 0.15) is 93.9 Å². The lowest BCUT2D eigenvalue weighted by Crippen LogP contribution is -2.58. The maximum Gasteiger partial charge on any atom is 0.316 e. The van der Waals surface area contributed by atoms with E-state index < -0.39 is 90.8 Å². The second kappa shape index (κ2) is 20.3. The van der Waals surface area contributed by atoms with E-state index in [0.717, 1.165) is 17.6 Å². The van der Waals surface area contributed by atoms with Gasteiger partial charge in [-0.2, -0.15) is 0 Å². The number of hydrogen-bond acceptors (Lipinski definition) is 14. The monoisotopic (exact) mass is 887 g/mol. The van der Waals surface area contributed by atoms with E-state index in [-0.39, 0.29) is 42.7 Å². The lowest BCUT2D eigenvalue weighted by molar-refractivity contribution is -0.318. The molecule has 63 heavy (non-hydrogen) atoms. The average Bonchev–Trinajstić information content (AvgIpc) is 3.59. The van der Waals surface area contributed by atoms with Gasteiger partial charge in [0.2, 0.25) is 0 Å². The third-order valence-corrected chi connectivity index (χ3v) is 14.7. The Bertz CT molecular complexity index is 1740. The molecule has 354 valence electrons. The van der Waals surface area contributed by atoms with Gasteiger partial charge < -0.3 is 62.3 Å². The van der Waals surface area contributed by atoms with E-state index in [4.69, 9.17) is 52.1 Å². The van der Waals surface area contributed by atoms with Crippen LogP contribution < -0.4 is 0 Å². The van der Waals surface area contributed by atoms with Crippen molar-refractivity contribution in [1.82, 2.24) is 0 Å². The standard InChI is InChI=1S/C49H74O14/c1-12-26(2)43-29(5)18-19-48(63-43)24-35-21-34(62-48)17-16-28(4)42(60-40-23-38(54-10)45(32(8)58-40)61-39-22-37(53-9)41(50)31(7)57-39)27(3)14-13-15-33-25-56-46-44(55-11)30(6)20-36(47(51)59-35)49(33,46)52/h13-16,18-20,26-27,29,31-32,34-46,50,52H,12,17,21-25H2,1-11H3/b14-13+,28-16+,33-15+/t26?,27-,29-,31-,32-,34+,35-,36-,37-,38-,39-,40-,41-,42-,43+,44+,45-,46+,48+,49+/m0/s1. The van der Waals surface area contributed by atoms with E-state index in [1.165, 1.54) is 0 Å². The quantitative estimate of drug-likeness (QED) is 0.204. The number of aliphatic hydroxyl groups excluding tert-OH is 1. The van der Waals surface area contributed by atoms with Crippen molar-refractivity contribution in [2.24, 2.45) is 23.7 Å². The van der Waals surface area contributed by atoms with Crippen LogP contribution in [0, 0.1) is 23.7 Å². The highest BCUT2D eigenvalue weighted by atomic mass is 16.7. The molecular formula is C49H74O14. The topological polar surface area (TPSA) is 159 Å². The molecule has 4 fully saturated rings. The average molecular weight is 887 g/mol. The first-order valence-corrected chi connectivity index (χ1v) is 23.2.